The molecule has 69 heavy (non-hydrogen) atoms. The molecule has 0 saturated carbocycles. The van der Waals surface area contributed by atoms with E-state index in [4.69, 9.17) is 9.84 Å². The molecule has 5 atom stereocenters. The first-order chi connectivity index (χ1) is 33.5. The normalized spacial score (nSPS) is 18.4. The molecule has 0 spiro atoms. The van der Waals surface area contributed by atoms with Gasteiger partial charge in [-0.3, -0.25) is 28.8 Å². The van der Waals surface area contributed by atoms with Crippen molar-refractivity contribution >= 4 is 35.5 Å². The summed E-state index contributed by atoms with van der Waals surface area (Å²) in [7, 11) is 0. The van der Waals surface area contributed by atoms with E-state index in [1.165, 1.54) is 0 Å². The van der Waals surface area contributed by atoms with Gasteiger partial charge in [-0.05, 0) is 75.9 Å². The monoisotopic (exact) mass is 927 g/mol. The molecule has 0 aliphatic carbocycles. The van der Waals surface area contributed by atoms with E-state index in [9.17, 15) is 28.8 Å². The van der Waals surface area contributed by atoms with Gasteiger partial charge in [0.15, 0.2) is 6.61 Å². The van der Waals surface area contributed by atoms with E-state index < -0.39 is 72.2 Å². The maximum atomic E-state index is 14.8. The van der Waals surface area contributed by atoms with Gasteiger partial charge in [-0.1, -0.05) is 159 Å². The van der Waals surface area contributed by atoms with Gasteiger partial charge in [0, 0.05) is 31.7 Å². The average Bonchev–Trinajstić information content (AvgIpc) is 3.37. The van der Waals surface area contributed by atoms with Crippen molar-refractivity contribution in [2.45, 2.75) is 75.5 Å². The first-order valence-electron chi connectivity index (χ1n) is 23.2. The van der Waals surface area contributed by atoms with Crippen molar-refractivity contribution in [3.05, 3.63) is 186 Å². The Labute approximate surface area is 402 Å². The van der Waals surface area contributed by atoms with E-state index in [2.05, 4.69) is 26.6 Å². The second-order valence-corrected chi connectivity index (χ2v) is 17.2. The van der Waals surface area contributed by atoms with Gasteiger partial charge in [0.05, 0.1) is 0 Å². The Bertz CT molecular complexity index is 2660. The number of ether oxygens (including phenoxy) is 1. The second-order valence-electron chi connectivity index (χ2n) is 17.2. The summed E-state index contributed by atoms with van der Waals surface area (Å²) in [4.78, 5) is 82.8. The number of carbonyl (C=O) groups is 6. The number of nitrogens with one attached hydrogen (secondary N) is 5. The minimum atomic E-state index is -1.24. The Hall–Kier alpha value is -8.06. The minimum absolute atomic E-state index is 0.0267. The molecule has 0 fully saturated rings. The van der Waals surface area contributed by atoms with Crippen LogP contribution in [0.3, 0.4) is 0 Å². The van der Waals surface area contributed by atoms with Crippen LogP contribution in [0.25, 0.3) is 22.3 Å². The molecule has 0 saturated heterocycles. The summed E-state index contributed by atoms with van der Waals surface area (Å²) >= 11 is 0. The second kappa shape index (κ2) is 24.1. The average molecular weight is 928 g/mol. The van der Waals surface area contributed by atoms with Crippen molar-refractivity contribution in [1.82, 2.24) is 26.6 Å². The van der Waals surface area contributed by atoms with Gasteiger partial charge in [0.25, 0.3) is 5.91 Å². The van der Waals surface area contributed by atoms with Gasteiger partial charge in [-0.25, -0.2) is 0 Å². The number of benzene rings is 6. The van der Waals surface area contributed by atoms with Gasteiger partial charge < -0.3 is 36.4 Å². The Balaban J connectivity index is 1.23. The molecule has 2 aliphatic rings. The molecule has 0 aromatic heterocycles. The Morgan fingerprint density at radius 2 is 1.17 bits per heavy atom. The van der Waals surface area contributed by atoms with Crippen molar-refractivity contribution in [2.75, 3.05) is 13.2 Å². The van der Waals surface area contributed by atoms with Crippen LogP contribution in [0, 0.1) is 0 Å². The van der Waals surface area contributed by atoms with Crippen LogP contribution in [0.2, 0.25) is 0 Å². The molecule has 5 amide bonds. The van der Waals surface area contributed by atoms with Gasteiger partial charge in [-0.2, -0.15) is 0 Å². The minimum Gasteiger partial charge on any atom is -0.484 e. The predicted octanol–water partition coefficient (Wildman–Crippen LogP) is 6.55. The Morgan fingerprint density at radius 1 is 0.623 bits per heavy atom. The molecule has 6 aromatic carbocycles. The lowest BCUT2D eigenvalue weighted by molar-refractivity contribution is -0.137. The fourth-order valence-corrected chi connectivity index (χ4v) is 8.26. The van der Waals surface area contributed by atoms with Crippen LogP contribution in [0.15, 0.2) is 164 Å². The zero-order chi connectivity index (χ0) is 48.5. The first-order valence-corrected chi connectivity index (χ1v) is 23.2. The number of aryl methyl sites for hydroxylation is 1. The number of carboxylic acid groups (broad SMARTS) is 1. The molecule has 6 N–H and O–H groups in total. The highest BCUT2D eigenvalue weighted by atomic mass is 16.5. The SMILES string of the molecule is CC(c1ccc(-c2ccccc2)cc1)C1NC(=O)COc2ccc(cc2)CC(C(=O)NCCCC(=O)O)NC(=O)C(CCc2ccccc2)NC(=O)C(Cc2ccc(-c3ccccc3)cc2)NC1=O. The summed E-state index contributed by atoms with van der Waals surface area (Å²) in [6.45, 7) is 1.46. The van der Waals surface area contributed by atoms with Gasteiger partial charge in [0.1, 0.15) is 29.9 Å². The van der Waals surface area contributed by atoms with Crippen molar-refractivity contribution in [3.8, 4) is 28.0 Å². The van der Waals surface area contributed by atoms with Crippen molar-refractivity contribution < 1.29 is 38.6 Å². The van der Waals surface area contributed by atoms with Crippen LogP contribution in [-0.4, -0.2) is 77.9 Å². The molecule has 354 valence electrons. The van der Waals surface area contributed by atoms with Crippen LogP contribution >= 0.6 is 0 Å². The smallest absolute Gasteiger partial charge is 0.303 e. The molecule has 8 rings (SSSR count). The maximum absolute atomic E-state index is 14.8. The fourth-order valence-electron chi connectivity index (χ4n) is 8.26. The van der Waals surface area contributed by atoms with Crippen LogP contribution in [0.4, 0.5) is 0 Å². The van der Waals surface area contributed by atoms with E-state index >= 15 is 0 Å². The van der Waals surface area contributed by atoms with Gasteiger partial charge in [0.2, 0.25) is 23.6 Å². The third kappa shape index (κ3) is 14.2. The van der Waals surface area contributed by atoms with E-state index in [1.54, 1.807) is 24.3 Å². The Morgan fingerprint density at radius 3 is 1.78 bits per heavy atom. The van der Waals surface area contributed by atoms with Crippen LogP contribution in [0.5, 0.6) is 5.75 Å². The number of amides is 5. The number of fused-ring (bicyclic) bond motifs is 16. The Kier molecular flexibility index (Phi) is 17.1. The largest absolute Gasteiger partial charge is 0.484 e. The zero-order valence-corrected chi connectivity index (χ0v) is 38.4. The molecule has 5 unspecified atom stereocenters. The highest BCUT2D eigenvalue weighted by Gasteiger charge is 2.34. The molecular weight excluding hydrogens is 871 g/mol. The maximum Gasteiger partial charge on any atom is 0.303 e. The lowest BCUT2D eigenvalue weighted by Crippen LogP contribution is -2.59. The third-order valence-corrected chi connectivity index (χ3v) is 12.2. The molecule has 13 nitrogen and oxygen atoms in total. The van der Waals surface area contributed by atoms with Gasteiger partial charge in [-0.15, -0.1) is 0 Å². The van der Waals surface area contributed by atoms with Gasteiger partial charge >= 0.3 is 5.97 Å². The third-order valence-electron chi connectivity index (χ3n) is 12.2. The van der Waals surface area contributed by atoms with Crippen LogP contribution < -0.4 is 31.3 Å². The van der Waals surface area contributed by atoms with E-state index in [1.807, 2.05) is 146 Å². The summed E-state index contributed by atoms with van der Waals surface area (Å²) in [5, 5.41) is 23.6. The molecular formula is C56H57N5O8. The number of rotatable bonds is 14. The molecule has 2 aliphatic heterocycles. The highest BCUT2D eigenvalue weighted by Crippen LogP contribution is 2.26. The van der Waals surface area contributed by atoms with E-state index in [-0.39, 0.29) is 38.6 Å². The summed E-state index contributed by atoms with van der Waals surface area (Å²) in [5.74, 6) is -4.25. The molecule has 2 heterocycles. The van der Waals surface area contributed by atoms with Crippen LogP contribution in [0.1, 0.15) is 54.4 Å². The topological polar surface area (TPSA) is 192 Å². The quantitative estimate of drug-likeness (QED) is 0.0523. The highest BCUT2D eigenvalue weighted by molar-refractivity contribution is 5.96. The van der Waals surface area contributed by atoms with Crippen molar-refractivity contribution in [2.24, 2.45) is 0 Å². The van der Waals surface area contributed by atoms with E-state index in [0.717, 1.165) is 38.9 Å². The summed E-state index contributed by atoms with van der Waals surface area (Å²) in [6.07, 6.45) is 0.625. The summed E-state index contributed by atoms with van der Waals surface area (Å²) < 4.78 is 5.88. The molecule has 13 heteroatoms. The summed E-state index contributed by atoms with van der Waals surface area (Å²) in [5.41, 5.74) is 7.02. The number of carboxylic acids is 1. The fraction of sp³-hybridized carbons (Fsp3) is 0.250. The van der Waals surface area contributed by atoms with Crippen molar-refractivity contribution in [1.29, 1.82) is 0 Å². The predicted molar refractivity (Wildman–Crippen MR) is 264 cm³/mol. The standard InChI is InChI=1S/C56H57N5O8/c1-37(41-26-28-45(29-27-41)43-16-9-4-10-17-43)52-56(68)60-49(35-39-19-24-44(25-20-39)42-14-7-3-8-15-42)55(67)58-47(32-23-38-12-5-2-6-13-38)54(66)59-48(53(65)57-33-11-18-51(63)64)34-40-21-30-46(31-22-40)69-36-50(62)61-52/h2-10,12-17,19-22,24-31,37,47-49,52H,11,18,23,32-36H2,1H3,(H,57,65)(H,58,67)(H,59,66)(H,60,68)(H,61,62)(H,63,64). The van der Waals surface area contributed by atoms with Crippen LogP contribution in [-0.2, 0) is 48.0 Å². The van der Waals surface area contributed by atoms with Crippen molar-refractivity contribution in [3.63, 3.8) is 0 Å². The number of aliphatic carboxylic acids is 1. The molecule has 6 aromatic rings. The lowest BCUT2D eigenvalue weighted by atomic mass is 9.90. The molecule has 0 radical (unpaired) electrons. The number of hydrogen-bond acceptors (Lipinski definition) is 7. The molecule has 2 bridgehead atoms. The summed E-state index contributed by atoms with van der Waals surface area (Å²) in [6, 6.07) is 46.5. The number of carbonyl (C=O) groups excluding carboxylic acids is 5. The van der Waals surface area contributed by atoms with E-state index in [0.29, 0.717) is 17.7 Å². The first kappa shape index (κ1) is 48.9. The number of hydrogen-bond donors (Lipinski definition) is 6. The lowest BCUT2D eigenvalue weighted by Gasteiger charge is -2.29. The zero-order valence-electron chi connectivity index (χ0n) is 38.4.